The number of carboxylic acids is 1. The number of aliphatic carboxylic acids is 1. The predicted molar refractivity (Wildman–Crippen MR) is 79.3 cm³/mol. The van der Waals surface area contributed by atoms with E-state index in [9.17, 15) is 35.6 Å². The van der Waals surface area contributed by atoms with E-state index in [0.717, 1.165) is 0 Å². The number of esters is 1. The second kappa shape index (κ2) is 8.51. The molecule has 26 heavy (non-hydrogen) atoms. The Hall–Kier alpha value is -1.43. The average molecular weight is 408 g/mol. The molecule has 1 aliphatic rings. The molecule has 0 radical (unpaired) electrons. The number of rotatable bonds is 9. The third-order valence-corrected chi connectivity index (χ3v) is 5.24. The molecule has 0 amide bonds. The van der Waals surface area contributed by atoms with Gasteiger partial charge >= 0.3 is 33.2 Å². The topological polar surface area (TPSA) is 118 Å². The van der Waals surface area contributed by atoms with Crippen molar-refractivity contribution in [2.75, 3.05) is 6.61 Å². The Morgan fingerprint density at radius 1 is 1.00 bits per heavy atom. The summed E-state index contributed by atoms with van der Waals surface area (Å²) in [7, 11) is -6.25. The first kappa shape index (κ1) is 22.6. The van der Waals surface area contributed by atoms with Crippen LogP contribution in [0.25, 0.3) is 0 Å². The van der Waals surface area contributed by atoms with Crippen LogP contribution in [0.3, 0.4) is 0 Å². The highest BCUT2D eigenvalue weighted by Gasteiger charge is 2.64. The van der Waals surface area contributed by atoms with Crippen LogP contribution < -0.4 is 0 Å². The highest BCUT2D eigenvalue weighted by Crippen LogP contribution is 2.41. The van der Waals surface area contributed by atoms with Gasteiger partial charge in [-0.15, -0.1) is 0 Å². The van der Waals surface area contributed by atoms with Crippen LogP contribution in [0.5, 0.6) is 0 Å². The quantitative estimate of drug-likeness (QED) is 0.261. The van der Waals surface area contributed by atoms with Gasteiger partial charge < -0.3 is 9.84 Å². The molecule has 0 aromatic heterocycles. The number of halogens is 4. The van der Waals surface area contributed by atoms with E-state index in [2.05, 4.69) is 0 Å². The van der Waals surface area contributed by atoms with Crippen LogP contribution in [0.4, 0.5) is 17.6 Å². The summed E-state index contributed by atoms with van der Waals surface area (Å²) in [6.07, 6.45) is -0.966. The Morgan fingerprint density at radius 3 is 1.96 bits per heavy atom. The summed E-state index contributed by atoms with van der Waals surface area (Å²) < 4.78 is 86.1. The third kappa shape index (κ3) is 5.53. The molecule has 0 saturated heterocycles. The van der Waals surface area contributed by atoms with Gasteiger partial charge in [0.1, 0.15) is 0 Å². The van der Waals surface area contributed by atoms with Gasteiger partial charge in [-0.1, -0.05) is 0 Å². The van der Waals surface area contributed by atoms with Gasteiger partial charge in [-0.25, -0.2) is 0 Å². The zero-order chi connectivity index (χ0) is 20.2. The number of alkyl halides is 4. The number of unbranched alkanes of at least 4 members (excludes halogenated alkanes) is 1. The van der Waals surface area contributed by atoms with E-state index in [4.69, 9.17) is 14.4 Å². The SMILES string of the molecule is O=C(O)C1CCC(C(=O)OCCCCC(F)(F)C(F)(F)S(=O)(=O)O)CC1. The van der Waals surface area contributed by atoms with E-state index in [1.807, 2.05) is 0 Å². The number of carboxylic acid groups (broad SMARTS) is 1. The van der Waals surface area contributed by atoms with Crippen LogP contribution >= 0.6 is 0 Å². The maximum atomic E-state index is 13.2. The van der Waals surface area contributed by atoms with Crippen molar-refractivity contribution in [3.05, 3.63) is 0 Å². The number of hydrogen-bond donors (Lipinski definition) is 2. The largest absolute Gasteiger partial charge is 0.481 e. The van der Waals surface area contributed by atoms with Gasteiger partial charge in [-0.2, -0.15) is 26.0 Å². The fraction of sp³-hybridized carbons (Fsp3) is 0.857. The number of ether oxygens (including phenoxy) is 1. The smallest absolute Gasteiger partial charge is 0.431 e. The molecule has 1 saturated carbocycles. The maximum absolute atomic E-state index is 13.2. The minimum atomic E-state index is -6.25. The van der Waals surface area contributed by atoms with Crippen molar-refractivity contribution in [1.82, 2.24) is 0 Å². The van der Waals surface area contributed by atoms with Crippen molar-refractivity contribution >= 4 is 22.1 Å². The number of carbonyl (C=O) groups is 2. The monoisotopic (exact) mass is 408 g/mol. The Morgan fingerprint density at radius 2 is 1.50 bits per heavy atom. The van der Waals surface area contributed by atoms with Gasteiger partial charge in [0.05, 0.1) is 18.4 Å². The van der Waals surface area contributed by atoms with Crippen LogP contribution in [0.15, 0.2) is 0 Å². The minimum absolute atomic E-state index is 0.201. The molecule has 0 spiro atoms. The lowest BCUT2D eigenvalue weighted by atomic mass is 9.82. The minimum Gasteiger partial charge on any atom is -0.481 e. The molecule has 0 bridgehead atoms. The first-order valence-electron chi connectivity index (χ1n) is 7.91. The lowest BCUT2D eigenvalue weighted by Gasteiger charge is -2.25. The molecular weight excluding hydrogens is 388 g/mol. The maximum Gasteiger partial charge on any atom is 0.431 e. The van der Waals surface area contributed by atoms with E-state index in [-0.39, 0.29) is 13.0 Å². The van der Waals surface area contributed by atoms with E-state index < -0.39 is 57.9 Å². The highest BCUT2D eigenvalue weighted by atomic mass is 32.2. The molecule has 0 aliphatic heterocycles. The van der Waals surface area contributed by atoms with E-state index in [0.29, 0.717) is 25.7 Å². The summed E-state index contributed by atoms with van der Waals surface area (Å²) in [5.74, 6) is -7.50. The van der Waals surface area contributed by atoms with Crippen LogP contribution in [-0.4, -0.2) is 47.8 Å². The lowest BCUT2D eigenvalue weighted by molar-refractivity contribution is -0.165. The molecule has 12 heteroatoms. The summed E-state index contributed by atoms with van der Waals surface area (Å²) in [4.78, 5) is 22.6. The summed E-state index contributed by atoms with van der Waals surface area (Å²) in [6, 6.07) is 0. The summed E-state index contributed by atoms with van der Waals surface area (Å²) in [6.45, 7) is -0.314. The van der Waals surface area contributed by atoms with Crippen molar-refractivity contribution in [2.24, 2.45) is 11.8 Å². The second-order valence-corrected chi connectivity index (χ2v) is 7.67. The molecule has 0 aromatic rings. The first-order chi connectivity index (χ1) is 11.8. The summed E-state index contributed by atoms with van der Waals surface area (Å²) in [5, 5.41) is 3.25. The fourth-order valence-electron chi connectivity index (χ4n) is 2.65. The van der Waals surface area contributed by atoms with Crippen molar-refractivity contribution in [3.8, 4) is 0 Å². The molecule has 0 atom stereocenters. The van der Waals surface area contributed by atoms with Crippen molar-refractivity contribution in [3.63, 3.8) is 0 Å². The predicted octanol–water partition coefficient (Wildman–Crippen LogP) is 2.71. The van der Waals surface area contributed by atoms with Gasteiger partial charge in [0.15, 0.2) is 0 Å². The van der Waals surface area contributed by atoms with Crippen molar-refractivity contribution in [2.45, 2.75) is 56.1 Å². The molecule has 152 valence electrons. The highest BCUT2D eigenvalue weighted by molar-refractivity contribution is 7.87. The van der Waals surface area contributed by atoms with Crippen LogP contribution in [0.2, 0.25) is 0 Å². The Kier molecular flexibility index (Phi) is 7.40. The molecule has 1 fully saturated rings. The Bertz CT molecular complexity index is 613. The fourth-order valence-corrected chi connectivity index (χ4v) is 3.13. The molecule has 1 aliphatic carbocycles. The molecule has 7 nitrogen and oxygen atoms in total. The van der Waals surface area contributed by atoms with E-state index >= 15 is 0 Å². The Balaban J connectivity index is 2.33. The van der Waals surface area contributed by atoms with Crippen LogP contribution in [-0.2, 0) is 24.4 Å². The average Bonchev–Trinajstić information content (AvgIpc) is 2.53. The van der Waals surface area contributed by atoms with Crippen molar-refractivity contribution in [1.29, 1.82) is 0 Å². The van der Waals surface area contributed by atoms with Gasteiger partial charge in [0.25, 0.3) is 0 Å². The summed E-state index contributed by atoms with van der Waals surface area (Å²) in [5.41, 5.74) is 0. The number of hydrogen-bond acceptors (Lipinski definition) is 5. The molecule has 0 aromatic carbocycles. The number of carbonyl (C=O) groups excluding carboxylic acids is 1. The van der Waals surface area contributed by atoms with Crippen molar-refractivity contribution < 1.29 is 50.0 Å². The molecule has 0 unspecified atom stereocenters. The van der Waals surface area contributed by atoms with Crippen LogP contribution in [0, 0.1) is 11.8 Å². The third-order valence-electron chi connectivity index (χ3n) is 4.29. The molecule has 2 N–H and O–H groups in total. The van der Waals surface area contributed by atoms with E-state index in [1.54, 1.807) is 0 Å². The van der Waals surface area contributed by atoms with E-state index in [1.165, 1.54) is 0 Å². The van der Waals surface area contributed by atoms with Gasteiger partial charge in [-0.05, 0) is 38.5 Å². The normalized spacial score (nSPS) is 22.0. The molecule has 0 heterocycles. The van der Waals surface area contributed by atoms with Crippen LogP contribution in [0.1, 0.15) is 44.9 Å². The second-order valence-electron chi connectivity index (χ2n) is 6.21. The standard InChI is InChI=1S/C14H20F4O7S/c15-13(16,14(17,18)26(22,23)24)7-1-2-8-25-12(21)10-5-3-9(4-6-10)11(19)20/h9-10H,1-8H2,(H,19,20)(H,22,23,24). The lowest BCUT2D eigenvalue weighted by Crippen LogP contribution is -2.46. The van der Waals surface area contributed by atoms with Gasteiger partial charge in [-0.3, -0.25) is 14.1 Å². The first-order valence-corrected chi connectivity index (χ1v) is 9.35. The molecule has 1 rings (SSSR count). The Labute approximate surface area is 147 Å². The zero-order valence-corrected chi connectivity index (χ0v) is 14.5. The molecular formula is C14H20F4O7S. The zero-order valence-electron chi connectivity index (χ0n) is 13.7. The van der Waals surface area contributed by atoms with Gasteiger partial charge in [0.2, 0.25) is 0 Å². The van der Waals surface area contributed by atoms with Gasteiger partial charge in [0, 0.05) is 6.42 Å². The summed E-state index contributed by atoms with van der Waals surface area (Å²) >= 11 is 0.